The first-order valence-electron chi connectivity index (χ1n) is 5.94. The zero-order valence-corrected chi connectivity index (χ0v) is 10.7. The van der Waals surface area contributed by atoms with Gasteiger partial charge in [0.05, 0.1) is 6.10 Å². The molecule has 0 aliphatic rings. The van der Waals surface area contributed by atoms with Crippen LogP contribution in [-0.2, 0) is 5.41 Å². The predicted molar refractivity (Wildman–Crippen MR) is 69.4 cm³/mol. The average molecular weight is 221 g/mol. The quantitative estimate of drug-likeness (QED) is 0.768. The van der Waals surface area contributed by atoms with E-state index in [2.05, 4.69) is 27.7 Å². The molecule has 1 atom stereocenters. The van der Waals surface area contributed by atoms with Crippen molar-refractivity contribution in [1.82, 2.24) is 0 Å². The van der Waals surface area contributed by atoms with Crippen molar-refractivity contribution < 1.29 is 5.11 Å². The summed E-state index contributed by atoms with van der Waals surface area (Å²) < 4.78 is 0. The van der Waals surface area contributed by atoms with E-state index in [4.69, 9.17) is 5.73 Å². The van der Waals surface area contributed by atoms with Gasteiger partial charge in [-0.05, 0) is 23.5 Å². The first-order chi connectivity index (χ1) is 7.36. The summed E-state index contributed by atoms with van der Waals surface area (Å²) in [7, 11) is 0. The van der Waals surface area contributed by atoms with Crippen molar-refractivity contribution in [3.8, 4) is 0 Å². The SMILES string of the molecule is CCCC(O)c1cc(C(C)(C)C)ccc1N. The van der Waals surface area contributed by atoms with E-state index in [-0.39, 0.29) is 5.41 Å². The molecule has 2 heteroatoms. The predicted octanol–water partition coefficient (Wildman–Crippen LogP) is 3.40. The molecule has 0 aliphatic heterocycles. The Bertz CT molecular complexity index is 352. The van der Waals surface area contributed by atoms with E-state index in [0.717, 1.165) is 18.4 Å². The molecule has 2 nitrogen and oxygen atoms in total. The summed E-state index contributed by atoms with van der Waals surface area (Å²) in [5.74, 6) is 0. The molecule has 1 rings (SSSR count). The Hall–Kier alpha value is -1.02. The fourth-order valence-electron chi connectivity index (χ4n) is 1.76. The van der Waals surface area contributed by atoms with Crippen molar-refractivity contribution in [2.75, 3.05) is 5.73 Å². The van der Waals surface area contributed by atoms with Crippen LogP contribution < -0.4 is 5.73 Å². The summed E-state index contributed by atoms with van der Waals surface area (Å²) in [6, 6.07) is 5.97. The molecule has 0 aromatic heterocycles. The van der Waals surface area contributed by atoms with Gasteiger partial charge in [0.2, 0.25) is 0 Å². The minimum absolute atomic E-state index is 0.0917. The third kappa shape index (κ3) is 2.99. The van der Waals surface area contributed by atoms with Crippen molar-refractivity contribution in [1.29, 1.82) is 0 Å². The largest absolute Gasteiger partial charge is 0.398 e. The van der Waals surface area contributed by atoms with Gasteiger partial charge in [0.25, 0.3) is 0 Å². The third-order valence-electron chi connectivity index (χ3n) is 2.87. The van der Waals surface area contributed by atoms with Crippen LogP contribution in [0.3, 0.4) is 0 Å². The third-order valence-corrected chi connectivity index (χ3v) is 2.87. The molecule has 0 radical (unpaired) electrons. The summed E-state index contributed by atoms with van der Waals surface area (Å²) in [5.41, 5.74) is 8.77. The topological polar surface area (TPSA) is 46.2 Å². The molecule has 90 valence electrons. The van der Waals surface area contributed by atoms with Crippen molar-refractivity contribution >= 4 is 5.69 Å². The fourth-order valence-corrected chi connectivity index (χ4v) is 1.76. The average Bonchev–Trinajstić information content (AvgIpc) is 2.16. The second-order valence-electron chi connectivity index (χ2n) is 5.40. The van der Waals surface area contributed by atoms with Crippen molar-refractivity contribution in [3.63, 3.8) is 0 Å². The van der Waals surface area contributed by atoms with Gasteiger partial charge in [-0.3, -0.25) is 0 Å². The van der Waals surface area contributed by atoms with E-state index in [1.807, 2.05) is 18.2 Å². The molecular formula is C14H23NO. The van der Waals surface area contributed by atoms with Crippen LogP contribution in [0.2, 0.25) is 0 Å². The van der Waals surface area contributed by atoms with Gasteiger partial charge in [0.1, 0.15) is 0 Å². The number of anilines is 1. The maximum atomic E-state index is 10.0. The molecule has 0 bridgehead atoms. The molecule has 0 saturated carbocycles. The standard InChI is InChI=1S/C14H23NO/c1-5-6-13(16)11-9-10(14(2,3)4)7-8-12(11)15/h7-9,13,16H,5-6,15H2,1-4H3. The van der Waals surface area contributed by atoms with Gasteiger partial charge in [0, 0.05) is 11.3 Å². The molecule has 0 fully saturated rings. The Morgan fingerprint density at radius 1 is 1.31 bits per heavy atom. The number of hydrogen-bond donors (Lipinski definition) is 2. The van der Waals surface area contributed by atoms with Gasteiger partial charge in [-0.15, -0.1) is 0 Å². The lowest BCUT2D eigenvalue weighted by atomic mass is 9.85. The maximum absolute atomic E-state index is 10.0. The van der Waals surface area contributed by atoms with E-state index in [1.54, 1.807) is 0 Å². The van der Waals surface area contributed by atoms with E-state index in [0.29, 0.717) is 5.69 Å². The van der Waals surface area contributed by atoms with E-state index in [1.165, 1.54) is 5.56 Å². The Labute approximate surface area is 98.5 Å². The molecular weight excluding hydrogens is 198 g/mol. The number of aliphatic hydroxyl groups excluding tert-OH is 1. The molecule has 1 aromatic carbocycles. The Balaban J connectivity index is 3.09. The Morgan fingerprint density at radius 3 is 2.44 bits per heavy atom. The number of nitrogen functional groups attached to an aromatic ring is 1. The second kappa shape index (κ2) is 4.88. The van der Waals surface area contributed by atoms with Crippen molar-refractivity contribution in [2.24, 2.45) is 0 Å². The maximum Gasteiger partial charge on any atom is 0.0809 e. The van der Waals surface area contributed by atoms with Crippen LogP contribution in [0.4, 0.5) is 5.69 Å². The molecule has 0 amide bonds. The van der Waals surface area contributed by atoms with Gasteiger partial charge in [-0.25, -0.2) is 0 Å². The lowest BCUT2D eigenvalue weighted by Crippen LogP contribution is -2.13. The first-order valence-corrected chi connectivity index (χ1v) is 5.94. The number of hydrogen-bond acceptors (Lipinski definition) is 2. The molecule has 16 heavy (non-hydrogen) atoms. The summed E-state index contributed by atoms with van der Waals surface area (Å²) in [4.78, 5) is 0. The molecule has 0 aliphatic carbocycles. The zero-order chi connectivity index (χ0) is 12.3. The Morgan fingerprint density at radius 2 is 1.94 bits per heavy atom. The molecule has 3 N–H and O–H groups in total. The van der Waals surface area contributed by atoms with Crippen LogP contribution >= 0.6 is 0 Å². The lowest BCUT2D eigenvalue weighted by molar-refractivity contribution is 0.167. The minimum Gasteiger partial charge on any atom is -0.398 e. The van der Waals surface area contributed by atoms with Gasteiger partial charge in [-0.2, -0.15) is 0 Å². The molecule has 1 unspecified atom stereocenters. The van der Waals surface area contributed by atoms with Crippen LogP contribution in [0.25, 0.3) is 0 Å². The highest BCUT2D eigenvalue weighted by atomic mass is 16.3. The van der Waals surface area contributed by atoms with E-state index < -0.39 is 6.10 Å². The second-order valence-corrected chi connectivity index (χ2v) is 5.40. The zero-order valence-electron chi connectivity index (χ0n) is 10.7. The number of benzene rings is 1. The normalized spacial score (nSPS) is 13.8. The first kappa shape index (κ1) is 13.0. The van der Waals surface area contributed by atoms with E-state index in [9.17, 15) is 5.11 Å². The number of rotatable bonds is 3. The summed E-state index contributed by atoms with van der Waals surface area (Å²) in [5, 5.41) is 10.0. The number of nitrogens with two attached hydrogens (primary N) is 1. The molecule has 0 heterocycles. The van der Waals surface area contributed by atoms with Crippen molar-refractivity contribution in [3.05, 3.63) is 29.3 Å². The summed E-state index contributed by atoms with van der Waals surface area (Å²) >= 11 is 0. The van der Waals surface area contributed by atoms with Gasteiger partial charge < -0.3 is 10.8 Å². The monoisotopic (exact) mass is 221 g/mol. The highest BCUT2D eigenvalue weighted by molar-refractivity contribution is 5.50. The van der Waals surface area contributed by atoms with Gasteiger partial charge in [-0.1, -0.05) is 46.2 Å². The smallest absolute Gasteiger partial charge is 0.0809 e. The lowest BCUT2D eigenvalue weighted by Gasteiger charge is -2.22. The highest BCUT2D eigenvalue weighted by Gasteiger charge is 2.17. The van der Waals surface area contributed by atoms with Crippen LogP contribution in [0, 0.1) is 0 Å². The van der Waals surface area contributed by atoms with E-state index >= 15 is 0 Å². The van der Waals surface area contributed by atoms with Crippen LogP contribution in [0.5, 0.6) is 0 Å². The van der Waals surface area contributed by atoms with Gasteiger partial charge in [0.15, 0.2) is 0 Å². The van der Waals surface area contributed by atoms with Crippen LogP contribution in [-0.4, -0.2) is 5.11 Å². The van der Waals surface area contributed by atoms with Crippen LogP contribution in [0.15, 0.2) is 18.2 Å². The summed E-state index contributed by atoms with van der Waals surface area (Å²) in [6.07, 6.45) is 1.28. The highest BCUT2D eigenvalue weighted by Crippen LogP contribution is 2.30. The fraction of sp³-hybridized carbons (Fsp3) is 0.571. The molecule has 0 spiro atoms. The molecule has 0 saturated heterocycles. The van der Waals surface area contributed by atoms with Crippen molar-refractivity contribution in [2.45, 2.75) is 52.1 Å². The molecule has 1 aromatic rings. The van der Waals surface area contributed by atoms with Crippen LogP contribution in [0.1, 0.15) is 57.8 Å². The Kier molecular flexibility index (Phi) is 3.98. The number of aliphatic hydroxyl groups is 1. The van der Waals surface area contributed by atoms with Gasteiger partial charge >= 0.3 is 0 Å². The minimum atomic E-state index is -0.438. The summed E-state index contributed by atoms with van der Waals surface area (Å²) in [6.45, 7) is 8.55.